The van der Waals surface area contributed by atoms with Gasteiger partial charge in [0.1, 0.15) is 23.8 Å². The Balaban J connectivity index is 3.08. The van der Waals surface area contributed by atoms with Gasteiger partial charge in [0.25, 0.3) is 0 Å². The van der Waals surface area contributed by atoms with Crippen LogP contribution in [0.5, 0.6) is 0 Å². The van der Waals surface area contributed by atoms with Crippen molar-refractivity contribution < 1.29 is 13.2 Å². The van der Waals surface area contributed by atoms with E-state index in [1.807, 2.05) is 6.92 Å². The molecule has 102 valence electrons. The summed E-state index contributed by atoms with van der Waals surface area (Å²) in [4.78, 5) is 8.93. The molecule has 1 aromatic rings. The van der Waals surface area contributed by atoms with E-state index < -0.39 is 12.7 Å². The van der Waals surface area contributed by atoms with Crippen molar-refractivity contribution in [2.45, 2.75) is 32.9 Å². The summed E-state index contributed by atoms with van der Waals surface area (Å²) in [6, 6.07) is 0. The van der Waals surface area contributed by atoms with E-state index in [2.05, 4.69) is 9.97 Å². The number of alkyl halides is 3. The van der Waals surface area contributed by atoms with Crippen LogP contribution in [0.25, 0.3) is 0 Å². The highest BCUT2D eigenvalue weighted by atomic mass is 35.5. The molecule has 1 heterocycles. The molecule has 0 aliphatic carbocycles. The van der Waals surface area contributed by atoms with E-state index in [1.54, 1.807) is 6.92 Å². The quantitative estimate of drug-likeness (QED) is 0.774. The molecule has 0 unspecified atom stereocenters. The van der Waals surface area contributed by atoms with Crippen LogP contribution < -0.4 is 4.90 Å². The highest BCUT2D eigenvalue weighted by Gasteiger charge is 2.31. The monoisotopic (exact) mass is 281 g/mol. The maximum absolute atomic E-state index is 12.5. The van der Waals surface area contributed by atoms with Gasteiger partial charge in [-0.2, -0.15) is 13.2 Å². The lowest BCUT2D eigenvalue weighted by Gasteiger charge is -2.25. The van der Waals surface area contributed by atoms with Crippen LogP contribution in [0.15, 0.2) is 6.33 Å². The van der Waals surface area contributed by atoms with Gasteiger partial charge < -0.3 is 4.90 Å². The summed E-state index contributed by atoms with van der Waals surface area (Å²) in [5, 5.41) is 0.225. The summed E-state index contributed by atoms with van der Waals surface area (Å²) in [7, 11) is 0. The Morgan fingerprint density at radius 2 is 1.94 bits per heavy atom. The number of hydrogen-bond acceptors (Lipinski definition) is 3. The van der Waals surface area contributed by atoms with Crippen molar-refractivity contribution in [2.24, 2.45) is 0 Å². The molecule has 0 fully saturated rings. The van der Waals surface area contributed by atoms with Crippen LogP contribution in [0.1, 0.15) is 25.8 Å². The molecule has 0 aliphatic rings. The molecule has 0 atom stereocenters. The largest absolute Gasteiger partial charge is 0.405 e. The van der Waals surface area contributed by atoms with Gasteiger partial charge in [-0.1, -0.05) is 24.9 Å². The number of anilines is 1. The third kappa shape index (κ3) is 4.01. The first-order valence-corrected chi connectivity index (χ1v) is 6.07. The van der Waals surface area contributed by atoms with E-state index >= 15 is 0 Å². The van der Waals surface area contributed by atoms with E-state index in [0.29, 0.717) is 12.0 Å². The fraction of sp³-hybridized carbons (Fsp3) is 0.636. The fourth-order valence-electron chi connectivity index (χ4n) is 1.67. The van der Waals surface area contributed by atoms with E-state index in [-0.39, 0.29) is 17.5 Å². The second-order valence-corrected chi connectivity index (χ2v) is 4.20. The first-order valence-electron chi connectivity index (χ1n) is 5.70. The van der Waals surface area contributed by atoms with Crippen LogP contribution >= 0.6 is 11.6 Å². The van der Waals surface area contributed by atoms with E-state index in [4.69, 9.17) is 11.6 Å². The Labute approximate surface area is 109 Å². The second-order valence-electron chi connectivity index (χ2n) is 3.85. The topological polar surface area (TPSA) is 29.0 Å². The Kier molecular flexibility index (Phi) is 5.19. The summed E-state index contributed by atoms with van der Waals surface area (Å²) >= 11 is 5.92. The van der Waals surface area contributed by atoms with Crippen LogP contribution in [-0.2, 0) is 6.42 Å². The van der Waals surface area contributed by atoms with Gasteiger partial charge in [0.2, 0.25) is 0 Å². The van der Waals surface area contributed by atoms with Gasteiger partial charge in [0.05, 0.1) is 0 Å². The smallest absolute Gasteiger partial charge is 0.347 e. The molecular formula is C11H15ClF3N3. The Morgan fingerprint density at radius 3 is 2.44 bits per heavy atom. The summed E-state index contributed by atoms with van der Waals surface area (Å²) in [6.45, 7) is 2.75. The second kappa shape index (κ2) is 6.22. The molecule has 0 N–H and O–H groups in total. The van der Waals surface area contributed by atoms with E-state index in [9.17, 15) is 13.2 Å². The number of nitrogens with zero attached hydrogens (tertiary/aromatic N) is 3. The molecule has 0 amide bonds. The SMILES string of the molecule is CCCc1c(Cl)ncnc1N(CC)CC(F)(F)F. The average Bonchev–Trinajstić information content (AvgIpc) is 2.28. The standard InChI is InChI=1S/C11H15ClF3N3/c1-3-5-8-9(12)16-7-17-10(8)18(4-2)6-11(13,14)15/h7H,3-6H2,1-2H3. The van der Waals surface area contributed by atoms with Crippen LogP contribution in [0.4, 0.5) is 19.0 Å². The lowest BCUT2D eigenvalue weighted by Crippen LogP contribution is -2.35. The third-order valence-electron chi connectivity index (χ3n) is 2.42. The lowest BCUT2D eigenvalue weighted by molar-refractivity contribution is -0.119. The normalized spacial score (nSPS) is 11.7. The fourth-order valence-corrected chi connectivity index (χ4v) is 1.90. The van der Waals surface area contributed by atoms with Gasteiger partial charge in [0, 0.05) is 12.1 Å². The van der Waals surface area contributed by atoms with E-state index in [0.717, 1.165) is 6.42 Å². The zero-order valence-corrected chi connectivity index (χ0v) is 11.0. The van der Waals surface area contributed by atoms with Crippen molar-refractivity contribution >= 4 is 17.4 Å². The van der Waals surface area contributed by atoms with Crippen LogP contribution in [0.3, 0.4) is 0 Å². The number of hydrogen-bond donors (Lipinski definition) is 0. The minimum absolute atomic E-state index is 0.212. The van der Waals surface area contributed by atoms with Gasteiger partial charge >= 0.3 is 6.18 Å². The maximum atomic E-state index is 12.5. The van der Waals surface area contributed by atoms with Gasteiger partial charge in [-0.25, -0.2) is 9.97 Å². The van der Waals surface area contributed by atoms with Crippen molar-refractivity contribution in [3.63, 3.8) is 0 Å². The van der Waals surface area contributed by atoms with Crippen molar-refractivity contribution in [3.05, 3.63) is 17.0 Å². The summed E-state index contributed by atoms with van der Waals surface area (Å²) in [5.74, 6) is 0.275. The molecule has 0 bridgehead atoms. The zero-order chi connectivity index (χ0) is 13.8. The van der Waals surface area contributed by atoms with Gasteiger partial charge in [0.15, 0.2) is 0 Å². The molecule has 1 rings (SSSR count). The highest BCUT2D eigenvalue weighted by molar-refractivity contribution is 6.30. The number of halogens is 4. The van der Waals surface area contributed by atoms with Crippen molar-refractivity contribution in [1.29, 1.82) is 0 Å². The molecule has 3 nitrogen and oxygen atoms in total. The molecule has 0 saturated heterocycles. The first kappa shape index (κ1) is 15.0. The van der Waals surface area contributed by atoms with Crippen LogP contribution in [0, 0.1) is 0 Å². The minimum atomic E-state index is -4.27. The molecule has 0 aromatic carbocycles. The predicted molar refractivity (Wildman–Crippen MR) is 65.0 cm³/mol. The predicted octanol–water partition coefficient (Wildman–Crippen LogP) is 3.47. The molecule has 18 heavy (non-hydrogen) atoms. The lowest BCUT2D eigenvalue weighted by atomic mass is 10.1. The third-order valence-corrected chi connectivity index (χ3v) is 2.75. The van der Waals surface area contributed by atoms with Gasteiger partial charge in [-0.3, -0.25) is 0 Å². The number of rotatable bonds is 5. The van der Waals surface area contributed by atoms with Gasteiger partial charge in [-0.05, 0) is 13.3 Å². The highest BCUT2D eigenvalue weighted by Crippen LogP contribution is 2.27. The summed E-state index contributed by atoms with van der Waals surface area (Å²) in [5.41, 5.74) is 0.577. The number of aromatic nitrogens is 2. The van der Waals surface area contributed by atoms with Crippen molar-refractivity contribution in [1.82, 2.24) is 9.97 Å². The van der Waals surface area contributed by atoms with E-state index in [1.165, 1.54) is 11.2 Å². The maximum Gasteiger partial charge on any atom is 0.405 e. The van der Waals surface area contributed by atoms with Crippen molar-refractivity contribution in [3.8, 4) is 0 Å². The zero-order valence-electron chi connectivity index (χ0n) is 10.3. The Hall–Kier alpha value is -1.04. The van der Waals surface area contributed by atoms with Crippen molar-refractivity contribution in [2.75, 3.05) is 18.0 Å². The summed E-state index contributed by atoms with van der Waals surface area (Å²) < 4.78 is 37.4. The molecule has 1 aromatic heterocycles. The molecule has 0 spiro atoms. The molecule has 0 radical (unpaired) electrons. The van der Waals surface area contributed by atoms with Crippen LogP contribution in [-0.4, -0.2) is 29.2 Å². The molecule has 0 saturated carbocycles. The minimum Gasteiger partial charge on any atom is -0.347 e. The molecule has 0 aliphatic heterocycles. The summed E-state index contributed by atoms with van der Waals surface area (Å²) in [6.07, 6.45) is -1.75. The first-order chi connectivity index (χ1) is 8.39. The molecule has 7 heteroatoms. The van der Waals surface area contributed by atoms with Gasteiger partial charge in [-0.15, -0.1) is 0 Å². The van der Waals surface area contributed by atoms with Crippen LogP contribution in [0.2, 0.25) is 5.15 Å². The molecular weight excluding hydrogens is 267 g/mol. The Bertz CT molecular complexity index is 396. The Morgan fingerprint density at radius 1 is 1.28 bits per heavy atom. The average molecular weight is 282 g/mol.